The molecule has 0 saturated carbocycles. The molecule has 0 aliphatic heterocycles. The first-order chi connectivity index (χ1) is 11.6. The second-order valence-electron chi connectivity index (χ2n) is 5.68. The maximum atomic E-state index is 11.8. The fourth-order valence-corrected chi connectivity index (χ4v) is 4.05. The lowest BCUT2D eigenvalue weighted by atomic mass is 9.97. The van der Waals surface area contributed by atoms with Crippen molar-refractivity contribution in [2.75, 3.05) is 0 Å². The molecule has 0 fully saturated rings. The second-order valence-corrected chi connectivity index (χ2v) is 7.01. The van der Waals surface area contributed by atoms with E-state index < -0.39 is 11.6 Å². The Labute approximate surface area is 140 Å². The standard InChI is InChI=1S/C16H18N5O2P/c1-3-16(2,21-15(23)20-9-22)13-7-11-12(24-13)6-10(8-19-11)14-17-4-5-18-14/h4-9,24H,3H2,1-2H3,(H,17,18)(H2,20,21,22,23)/t16-/m0/s1. The van der Waals surface area contributed by atoms with Gasteiger partial charge < -0.3 is 10.3 Å². The number of hydrogen-bond donors (Lipinski definition) is 3. The summed E-state index contributed by atoms with van der Waals surface area (Å²) in [4.78, 5) is 34.0. The molecule has 3 aromatic heterocycles. The first kappa shape index (κ1) is 16.2. The van der Waals surface area contributed by atoms with Gasteiger partial charge in [-0.05, 0) is 30.8 Å². The quantitative estimate of drug-likeness (QED) is 0.620. The van der Waals surface area contributed by atoms with Crippen LogP contribution in [0.3, 0.4) is 0 Å². The van der Waals surface area contributed by atoms with Gasteiger partial charge in [0.2, 0.25) is 6.41 Å². The molecule has 124 valence electrons. The van der Waals surface area contributed by atoms with Gasteiger partial charge in [-0.2, -0.15) is 0 Å². The molecule has 3 N–H and O–H groups in total. The van der Waals surface area contributed by atoms with Crippen LogP contribution in [0.5, 0.6) is 0 Å². The number of nitrogens with zero attached hydrogens (tertiary/aromatic N) is 2. The van der Waals surface area contributed by atoms with E-state index >= 15 is 0 Å². The molecule has 8 heteroatoms. The lowest BCUT2D eigenvalue weighted by Crippen LogP contribution is -2.47. The van der Waals surface area contributed by atoms with Gasteiger partial charge in [-0.25, -0.2) is 9.78 Å². The number of H-pyrrole nitrogens is 1. The molecule has 0 bridgehead atoms. The number of imidazole rings is 1. The van der Waals surface area contributed by atoms with Crippen molar-refractivity contribution in [2.45, 2.75) is 25.8 Å². The number of aromatic amines is 1. The third-order valence-electron chi connectivity index (χ3n) is 4.12. The highest BCUT2D eigenvalue weighted by molar-refractivity contribution is 7.38. The maximum absolute atomic E-state index is 11.8. The molecule has 3 aromatic rings. The van der Waals surface area contributed by atoms with E-state index in [0.717, 1.165) is 27.3 Å². The van der Waals surface area contributed by atoms with Crippen LogP contribution in [-0.2, 0) is 10.3 Å². The van der Waals surface area contributed by atoms with Gasteiger partial charge in [0.05, 0.1) is 11.1 Å². The van der Waals surface area contributed by atoms with Crippen molar-refractivity contribution in [2.24, 2.45) is 0 Å². The van der Waals surface area contributed by atoms with Crippen molar-refractivity contribution in [3.8, 4) is 11.4 Å². The molecule has 0 radical (unpaired) electrons. The summed E-state index contributed by atoms with van der Waals surface area (Å²) in [5.74, 6) is 0.783. The van der Waals surface area contributed by atoms with Crippen LogP contribution in [0.1, 0.15) is 25.6 Å². The van der Waals surface area contributed by atoms with Crippen LogP contribution in [0.25, 0.3) is 22.0 Å². The minimum Gasteiger partial charge on any atom is -0.345 e. The maximum Gasteiger partial charge on any atom is 0.321 e. The minimum atomic E-state index is -0.531. The summed E-state index contributed by atoms with van der Waals surface area (Å²) in [6.45, 7) is 3.95. The van der Waals surface area contributed by atoms with E-state index in [9.17, 15) is 9.59 Å². The molecule has 7 nitrogen and oxygen atoms in total. The molecule has 0 aliphatic carbocycles. The normalized spacial score (nSPS) is 13.8. The number of carbonyl (C=O) groups is 2. The Morgan fingerprint density at radius 3 is 2.92 bits per heavy atom. The van der Waals surface area contributed by atoms with Crippen molar-refractivity contribution in [1.82, 2.24) is 25.6 Å². The van der Waals surface area contributed by atoms with Crippen molar-refractivity contribution in [3.05, 3.63) is 36.0 Å². The third-order valence-corrected chi connectivity index (χ3v) is 5.76. The average Bonchev–Trinajstić information content (AvgIpc) is 3.23. The Balaban J connectivity index is 1.96. The van der Waals surface area contributed by atoms with Gasteiger partial charge in [-0.1, -0.05) is 6.92 Å². The minimum absolute atomic E-state index is 0.378. The Hall–Kier alpha value is -2.66. The number of aromatic nitrogens is 3. The van der Waals surface area contributed by atoms with Crippen LogP contribution in [0.15, 0.2) is 30.7 Å². The van der Waals surface area contributed by atoms with E-state index in [2.05, 4.69) is 31.7 Å². The van der Waals surface area contributed by atoms with Gasteiger partial charge in [0.1, 0.15) is 5.82 Å². The van der Waals surface area contributed by atoms with E-state index in [1.807, 2.05) is 19.9 Å². The highest BCUT2D eigenvalue weighted by atomic mass is 31.0. The van der Waals surface area contributed by atoms with Crippen LogP contribution >= 0.6 is 8.19 Å². The Kier molecular flexibility index (Phi) is 4.36. The van der Waals surface area contributed by atoms with Crippen molar-refractivity contribution in [3.63, 3.8) is 0 Å². The number of hydrogen-bond acceptors (Lipinski definition) is 4. The molecule has 2 atom stereocenters. The van der Waals surface area contributed by atoms with Crippen LogP contribution in [0.4, 0.5) is 4.79 Å². The van der Waals surface area contributed by atoms with Gasteiger partial charge >= 0.3 is 6.03 Å². The van der Waals surface area contributed by atoms with E-state index in [4.69, 9.17) is 0 Å². The predicted molar refractivity (Wildman–Crippen MR) is 94.2 cm³/mol. The van der Waals surface area contributed by atoms with Crippen molar-refractivity contribution < 1.29 is 9.59 Å². The zero-order valence-electron chi connectivity index (χ0n) is 13.4. The van der Waals surface area contributed by atoms with Gasteiger partial charge in [0.15, 0.2) is 0 Å². The Bertz CT molecular complexity index is 874. The molecular formula is C16H18N5O2P. The molecule has 3 heterocycles. The molecule has 1 unspecified atom stereocenters. The zero-order valence-corrected chi connectivity index (χ0v) is 14.4. The topological polar surface area (TPSA) is 99.8 Å². The lowest BCUT2D eigenvalue weighted by molar-refractivity contribution is -0.108. The van der Waals surface area contributed by atoms with Crippen LogP contribution in [0, 0.1) is 0 Å². The van der Waals surface area contributed by atoms with Gasteiger partial charge in [0, 0.05) is 29.3 Å². The molecule has 0 saturated heterocycles. The largest absolute Gasteiger partial charge is 0.345 e. The summed E-state index contributed by atoms with van der Waals surface area (Å²) in [6.07, 6.45) is 6.35. The number of rotatable bonds is 5. The molecule has 0 spiro atoms. The predicted octanol–water partition coefficient (Wildman–Crippen LogP) is 2.74. The molecule has 3 amide bonds. The van der Waals surface area contributed by atoms with Crippen LogP contribution in [0.2, 0.25) is 0 Å². The summed E-state index contributed by atoms with van der Waals surface area (Å²) in [5.41, 5.74) is 1.32. The van der Waals surface area contributed by atoms with E-state index in [1.54, 1.807) is 18.6 Å². The smallest absolute Gasteiger partial charge is 0.321 e. The summed E-state index contributed by atoms with van der Waals surface area (Å²) < 4.78 is 0. The molecular weight excluding hydrogens is 325 g/mol. The van der Waals surface area contributed by atoms with E-state index in [1.165, 1.54) is 0 Å². The molecule has 0 aromatic carbocycles. The fourth-order valence-electron chi connectivity index (χ4n) is 2.54. The summed E-state index contributed by atoms with van der Waals surface area (Å²) in [6, 6.07) is 3.59. The van der Waals surface area contributed by atoms with Crippen LogP contribution < -0.4 is 10.6 Å². The highest BCUT2D eigenvalue weighted by Gasteiger charge is 2.28. The zero-order chi connectivity index (χ0) is 17.2. The summed E-state index contributed by atoms with van der Waals surface area (Å²) >= 11 is 0. The first-order valence-electron chi connectivity index (χ1n) is 7.57. The number of fused-ring (bicyclic) bond motifs is 1. The first-order valence-corrected chi connectivity index (χ1v) is 8.57. The van der Waals surface area contributed by atoms with Crippen LogP contribution in [-0.4, -0.2) is 27.4 Å². The number of amides is 3. The monoisotopic (exact) mass is 343 g/mol. The number of carbonyl (C=O) groups excluding carboxylic acids is 2. The molecule has 3 rings (SSSR count). The van der Waals surface area contributed by atoms with Crippen molar-refractivity contribution >= 4 is 31.3 Å². The Morgan fingerprint density at radius 2 is 2.25 bits per heavy atom. The fraction of sp³-hybridized carbons (Fsp3) is 0.250. The van der Waals surface area contributed by atoms with E-state index in [-0.39, 0.29) is 0 Å². The summed E-state index contributed by atoms with van der Waals surface area (Å²) in [7, 11) is 0.408. The second kappa shape index (κ2) is 6.45. The number of nitrogens with one attached hydrogen (secondary N) is 3. The number of imide groups is 1. The van der Waals surface area contributed by atoms with E-state index in [0.29, 0.717) is 21.0 Å². The van der Waals surface area contributed by atoms with Crippen molar-refractivity contribution in [1.29, 1.82) is 0 Å². The lowest BCUT2D eigenvalue weighted by Gasteiger charge is -2.28. The SMILES string of the molecule is CC[C@](C)(NC(=O)NC=O)c1cc2ncc(-c3ncc[nH]3)cc2[pH]1. The van der Waals surface area contributed by atoms with Gasteiger partial charge in [0.25, 0.3) is 0 Å². The highest BCUT2D eigenvalue weighted by Crippen LogP contribution is 2.39. The average molecular weight is 343 g/mol. The molecule has 0 aliphatic rings. The third kappa shape index (κ3) is 3.03. The Morgan fingerprint density at radius 1 is 1.42 bits per heavy atom. The molecule has 24 heavy (non-hydrogen) atoms. The summed E-state index contributed by atoms with van der Waals surface area (Å²) in [5, 5.41) is 7.21. The van der Waals surface area contributed by atoms with Gasteiger partial charge in [-0.3, -0.25) is 15.1 Å². The van der Waals surface area contributed by atoms with Gasteiger partial charge in [-0.15, -0.1) is 8.19 Å². The number of pyridine rings is 1. The number of urea groups is 1.